The van der Waals surface area contributed by atoms with Gasteiger partial charge in [0, 0.05) is 30.9 Å². The van der Waals surface area contributed by atoms with E-state index < -0.39 is 6.09 Å². The number of nitrogens with one attached hydrogen (secondary N) is 1. The van der Waals surface area contributed by atoms with Gasteiger partial charge < -0.3 is 25.9 Å². The Hall–Kier alpha value is -3.02. The molecule has 2 amide bonds. The van der Waals surface area contributed by atoms with E-state index in [1.807, 2.05) is 23.1 Å². The van der Waals surface area contributed by atoms with E-state index in [0.29, 0.717) is 30.3 Å². The summed E-state index contributed by atoms with van der Waals surface area (Å²) in [5.74, 6) is 0.380. The van der Waals surface area contributed by atoms with Gasteiger partial charge in [-0.05, 0) is 48.1 Å². The zero-order valence-corrected chi connectivity index (χ0v) is 14.5. The van der Waals surface area contributed by atoms with Gasteiger partial charge in [-0.25, -0.2) is 0 Å². The fourth-order valence-corrected chi connectivity index (χ4v) is 3.40. The number of carbonyl (C=O) groups is 2. The van der Waals surface area contributed by atoms with Crippen molar-refractivity contribution in [3.05, 3.63) is 65.2 Å². The fourth-order valence-electron chi connectivity index (χ4n) is 3.40. The third-order valence-corrected chi connectivity index (χ3v) is 4.78. The van der Waals surface area contributed by atoms with Crippen LogP contribution in [-0.2, 0) is 6.54 Å². The Morgan fingerprint density at radius 3 is 2.54 bits per heavy atom. The van der Waals surface area contributed by atoms with Gasteiger partial charge in [0.2, 0.25) is 0 Å². The van der Waals surface area contributed by atoms with E-state index in [-0.39, 0.29) is 12.5 Å². The number of piperidine rings is 1. The number of nitrogens with two attached hydrogens (primary N) is 1. The minimum atomic E-state index is -1.27. The zero-order valence-electron chi connectivity index (χ0n) is 14.5. The summed E-state index contributed by atoms with van der Waals surface area (Å²) < 4.78 is 0. The quantitative estimate of drug-likeness (QED) is 0.819. The monoisotopic (exact) mass is 352 g/mol. The van der Waals surface area contributed by atoms with Crippen LogP contribution in [-0.4, -0.2) is 30.0 Å². The summed E-state index contributed by atoms with van der Waals surface area (Å²) in [7, 11) is 0. The predicted octanol–water partition coefficient (Wildman–Crippen LogP) is 1.72. The maximum Gasteiger partial charge on any atom is 0.253 e. The minimum Gasteiger partial charge on any atom is -0.530 e. The molecule has 0 unspecified atom stereocenters. The molecule has 0 aromatic heterocycles. The number of benzene rings is 2. The van der Waals surface area contributed by atoms with Gasteiger partial charge in [0.25, 0.3) is 5.91 Å². The van der Waals surface area contributed by atoms with Gasteiger partial charge in [0.1, 0.15) is 6.09 Å². The predicted molar refractivity (Wildman–Crippen MR) is 97.4 cm³/mol. The van der Waals surface area contributed by atoms with Gasteiger partial charge in [0.15, 0.2) is 0 Å². The summed E-state index contributed by atoms with van der Waals surface area (Å²) >= 11 is 0. The van der Waals surface area contributed by atoms with Crippen LogP contribution in [0.4, 0.5) is 10.5 Å². The van der Waals surface area contributed by atoms with Crippen LogP contribution in [0.2, 0.25) is 0 Å². The van der Waals surface area contributed by atoms with Crippen molar-refractivity contribution < 1.29 is 14.7 Å². The lowest BCUT2D eigenvalue weighted by Crippen LogP contribution is -2.38. The highest BCUT2D eigenvalue weighted by atomic mass is 16.4. The van der Waals surface area contributed by atoms with Crippen LogP contribution in [0.3, 0.4) is 0 Å². The molecule has 1 heterocycles. The maximum atomic E-state index is 12.6. The number of hydrogen-bond donors (Lipinski definition) is 2. The first-order valence-electron chi connectivity index (χ1n) is 8.71. The molecule has 6 nitrogen and oxygen atoms in total. The molecule has 0 atom stereocenters. The van der Waals surface area contributed by atoms with E-state index in [1.165, 1.54) is 5.56 Å². The Bertz CT molecular complexity index is 798. The van der Waals surface area contributed by atoms with Crippen LogP contribution in [0.1, 0.15) is 40.2 Å². The molecule has 26 heavy (non-hydrogen) atoms. The highest BCUT2D eigenvalue weighted by Crippen LogP contribution is 2.29. The average Bonchev–Trinajstić information content (AvgIpc) is 2.66. The van der Waals surface area contributed by atoms with Gasteiger partial charge >= 0.3 is 0 Å². The van der Waals surface area contributed by atoms with Gasteiger partial charge in [-0.1, -0.05) is 30.3 Å². The third-order valence-electron chi connectivity index (χ3n) is 4.78. The van der Waals surface area contributed by atoms with Gasteiger partial charge in [-0.3, -0.25) is 4.79 Å². The number of rotatable bonds is 4. The Kier molecular flexibility index (Phi) is 5.41. The molecule has 1 aliphatic rings. The molecule has 6 heteroatoms. The molecular weight excluding hydrogens is 330 g/mol. The van der Waals surface area contributed by atoms with Crippen molar-refractivity contribution >= 4 is 17.7 Å². The van der Waals surface area contributed by atoms with Crippen molar-refractivity contribution in [3.63, 3.8) is 0 Å². The van der Waals surface area contributed by atoms with Crippen molar-refractivity contribution in [2.24, 2.45) is 0 Å². The second kappa shape index (κ2) is 7.91. The van der Waals surface area contributed by atoms with Crippen LogP contribution < -0.4 is 16.2 Å². The van der Waals surface area contributed by atoms with Crippen molar-refractivity contribution in [3.8, 4) is 0 Å². The van der Waals surface area contributed by atoms with Crippen molar-refractivity contribution in [2.45, 2.75) is 25.3 Å². The molecule has 1 fully saturated rings. The Labute approximate surface area is 152 Å². The first kappa shape index (κ1) is 17.8. The highest BCUT2D eigenvalue weighted by molar-refractivity contribution is 5.95. The minimum absolute atomic E-state index is 0.0164. The molecule has 2 aromatic rings. The van der Waals surface area contributed by atoms with E-state index in [2.05, 4.69) is 11.4 Å². The average molecular weight is 352 g/mol. The Morgan fingerprint density at radius 2 is 1.85 bits per heavy atom. The van der Waals surface area contributed by atoms with E-state index in [0.717, 1.165) is 18.4 Å². The lowest BCUT2D eigenvalue weighted by atomic mass is 9.88. The van der Waals surface area contributed by atoms with Gasteiger partial charge in [-0.15, -0.1) is 0 Å². The lowest BCUT2D eigenvalue weighted by Gasteiger charge is -2.32. The third kappa shape index (κ3) is 4.33. The summed E-state index contributed by atoms with van der Waals surface area (Å²) in [6, 6.07) is 15.0. The second-order valence-corrected chi connectivity index (χ2v) is 6.58. The smallest absolute Gasteiger partial charge is 0.253 e. The van der Waals surface area contributed by atoms with Gasteiger partial charge in [-0.2, -0.15) is 0 Å². The molecule has 0 bridgehead atoms. The van der Waals surface area contributed by atoms with E-state index in [4.69, 9.17) is 5.73 Å². The SMILES string of the molecule is Nc1cccc(C(=O)N2CCC(c3cccc(CNC(=O)[O-])c3)CC2)c1. The number of nitrogens with zero attached hydrogens (tertiary/aromatic N) is 1. The molecule has 3 N–H and O–H groups in total. The molecule has 0 radical (unpaired) electrons. The van der Waals surface area contributed by atoms with E-state index >= 15 is 0 Å². The normalized spacial score (nSPS) is 14.8. The van der Waals surface area contributed by atoms with Crippen LogP contribution in [0, 0.1) is 0 Å². The summed E-state index contributed by atoms with van der Waals surface area (Å²) in [5, 5.41) is 12.8. The molecule has 0 spiro atoms. The number of nitrogen functional groups attached to an aromatic ring is 1. The molecule has 0 saturated carbocycles. The highest BCUT2D eigenvalue weighted by Gasteiger charge is 2.24. The standard InChI is InChI=1S/C20H23N3O3/c21-18-6-2-5-17(12-18)19(24)23-9-7-15(8-10-23)16-4-1-3-14(11-16)13-22-20(25)26/h1-6,11-12,15,22H,7-10,13,21H2,(H,25,26)/p-1. The number of hydrogen-bond acceptors (Lipinski definition) is 4. The van der Waals surface area contributed by atoms with Crippen LogP contribution in [0.25, 0.3) is 0 Å². The van der Waals surface area contributed by atoms with E-state index in [1.54, 1.807) is 24.3 Å². The maximum absolute atomic E-state index is 12.6. The number of carbonyl (C=O) groups excluding carboxylic acids is 2. The molecule has 3 rings (SSSR count). The molecule has 136 valence electrons. The van der Waals surface area contributed by atoms with Crippen LogP contribution in [0.15, 0.2) is 48.5 Å². The summed E-state index contributed by atoms with van der Waals surface area (Å²) in [6.07, 6.45) is 0.486. The number of anilines is 1. The zero-order chi connectivity index (χ0) is 18.5. The Morgan fingerprint density at radius 1 is 1.12 bits per heavy atom. The lowest BCUT2D eigenvalue weighted by molar-refractivity contribution is -0.251. The Balaban J connectivity index is 1.61. The van der Waals surface area contributed by atoms with Crippen molar-refractivity contribution in [1.29, 1.82) is 0 Å². The number of carboxylic acid groups (broad SMARTS) is 1. The fraction of sp³-hybridized carbons (Fsp3) is 0.300. The largest absolute Gasteiger partial charge is 0.530 e. The van der Waals surface area contributed by atoms with Crippen LogP contribution >= 0.6 is 0 Å². The van der Waals surface area contributed by atoms with Crippen molar-refractivity contribution in [1.82, 2.24) is 10.2 Å². The molecule has 1 saturated heterocycles. The first-order valence-corrected chi connectivity index (χ1v) is 8.71. The molecule has 2 aromatic carbocycles. The number of likely N-dealkylation sites (tertiary alicyclic amines) is 1. The van der Waals surface area contributed by atoms with Gasteiger partial charge in [0.05, 0.1) is 0 Å². The molecule has 1 aliphatic heterocycles. The summed E-state index contributed by atoms with van der Waals surface area (Å²) in [5.41, 5.74) is 9.07. The number of amides is 2. The molecular formula is C20H22N3O3-. The topological polar surface area (TPSA) is 98.5 Å². The summed E-state index contributed by atoms with van der Waals surface area (Å²) in [6.45, 7) is 1.63. The summed E-state index contributed by atoms with van der Waals surface area (Å²) in [4.78, 5) is 25.0. The second-order valence-electron chi connectivity index (χ2n) is 6.58. The molecule has 0 aliphatic carbocycles. The van der Waals surface area contributed by atoms with Crippen molar-refractivity contribution in [2.75, 3.05) is 18.8 Å². The van der Waals surface area contributed by atoms with E-state index in [9.17, 15) is 14.7 Å². The first-order chi connectivity index (χ1) is 12.5. The van der Waals surface area contributed by atoms with Crippen LogP contribution in [0.5, 0.6) is 0 Å².